The smallest absolute Gasteiger partial charge is 0.287 e. The van der Waals surface area contributed by atoms with Crippen molar-refractivity contribution in [2.75, 3.05) is 18.4 Å². The largest absolute Gasteiger partial charge is 0.444 e. The Morgan fingerprint density at radius 1 is 1.08 bits per heavy atom. The van der Waals surface area contributed by atoms with Gasteiger partial charge in [-0.3, -0.25) is 14.4 Å². The van der Waals surface area contributed by atoms with Gasteiger partial charge in [-0.25, -0.2) is 0 Å². The van der Waals surface area contributed by atoms with Crippen LogP contribution in [0.1, 0.15) is 16.1 Å². The second kappa shape index (κ2) is 8.70. The highest BCUT2D eigenvalue weighted by Gasteiger charge is 2.12. The molecule has 0 saturated heterocycles. The highest BCUT2D eigenvalue weighted by atomic mass is 79.9. The highest BCUT2D eigenvalue weighted by molar-refractivity contribution is 9.10. The van der Waals surface area contributed by atoms with Crippen LogP contribution in [-0.4, -0.2) is 30.8 Å². The number of nitrogens with one attached hydrogen (secondary N) is 3. The standard InChI is InChI=1S/C17H14BrN3O4/c1-2-11-4-3-5-12(8-11)21-16(23)10-19-15(22)9-20-17(24)13-6-7-14(18)25-13/h1,3-8H,9-10H2,(H,19,22)(H,20,24)(H,21,23). The molecule has 0 bridgehead atoms. The van der Waals surface area contributed by atoms with Crippen molar-refractivity contribution in [3.05, 3.63) is 52.4 Å². The Hall–Kier alpha value is -3.05. The molecule has 0 aliphatic carbocycles. The maximum atomic E-state index is 11.8. The lowest BCUT2D eigenvalue weighted by Crippen LogP contribution is -2.40. The molecule has 0 fully saturated rings. The monoisotopic (exact) mass is 403 g/mol. The molecule has 25 heavy (non-hydrogen) atoms. The average molecular weight is 404 g/mol. The molecule has 2 aromatic rings. The predicted octanol–water partition coefficient (Wildman–Crippen LogP) is 1.51. The molecule has 128 valence electrons. The molecule has 0 saturated carbocycles. The Morgan fingerprint density at radius 3 is 2.52 bits per heavy atom. The van der Waals surface area contributed by atoms with E-state index in [2.05, 4.69) is 37.8 Å². The first-order chi connectivity index (χ1) is 12.0. The average Bonchev–Trinajstić information content (AvgIpc) is 3.04. The molecule has 7 nitrogen and oxygen atoms in total. The SMILES string of the molecule is C#Cc1cccc(NC(=O)CNC(=O)CNC(=O)c2ccc(Br)o2)c1. The maximum absolute atomic E-state index is 11.8. The topological polar surface area (TPSA) is 100 Å². The van der Waals surface area contributed by atoms with Crippen LogP contribution in [0.3, 0.4) is 0 Å². The van der Waals surface area contributed by atoms with E-state index in [-0.39, 0.29) is 18.8 Å². The third-order valence-electron chi connectivity index (χ3n) is 2.97. The summed E-state index contributed by atoms with van der Waals surface area (Å²) < 4.78 is 5.47. The quantitative estimate of drug-likeness (QED) is 0.636. The fourth-order valence-electron chi connectivity index (χ4n) is 1.82. The van der Waals surface area contributed by atoms with Crippen molar-refractivity contribution in [2.45, 2.75) is 0 Å². The Labute approximate surface area is 152 Å². The van der Waals surface area contributed by atoms with Crippen LogP contribution in [0, 0.1) is 12.3 Å². The van der Waals surface area contributed by atoms with Crippen LogP contribution >= 0.6 is 15.9 Å². The number of anilines is 1. The first-order valence-corrected chi connectivity index (χ1v) is 7.94. The minimum absolute atomic E-state index is 0.0748. The van der Waals surface area contributed by atoms with E-state index in [1.165, 1.54) is 6.07 Å². The minimum atomic E-state index is -0.531. The Balaban J connectivity index is 1.73. The Morgan fingerprint density at radius 2 is 1.84 bits per heavy atom. The van der Waals surface area contributed by atoms with Crippen molar-refractivity contribution in [2.24, 2.45) is 0 Å². The van der Waals surface area contributed by atoms with Crippen LogP contribution in [0.15, 0.2) is 45.5 Å². The van der Waals surface area contributed by atoms with Gasteiger partial charge in [-0.15, -0.1) is 6.42 Å². The van der Waals surface area contributed by atoms with E-state index in [1.54, 1.807) is 30.3 Å². The van der Waals surface area contributed by atoms with Gasteiger partial charge in [0.25, 0.3) is 5.91 Å². The summed E-state index contributed by atoms with van der Waals surface area (Å²) in [5.41, 5.74) is 1.17. The Kier molecular flexibility index (Phi) is 6.37. The van der Waals surface area contributed by atoms with E-state index in [9.17, 15) is 14.4 Å². The molecule has 0 aliphatic rings. The number of hydrogen-bond acceptors (Lipinski definition) is 4. The molecule has 1 aromatic carbocycles. The molecular weight excluding hydrogens is 390 g/mol. The molecule has 0 atom stereocenters. The minimum Gasteiger partial charge on any atom is -0.444 e. The van der Waals surface area contributed by atoms with Crippen LogP contribution in [-0.2, 0) is 9.59 Å². The van der Waals surface area contributed by atoms with Crippen molar-refractivity contribution < 1.29 is 18.8 Å². The fraction of sp³-hybridized carbons (Fsp3) is 0.118. The van der Waals surface area contributed by atoms with Gasteiger partial charge in [0.2, 0.25) is 11.8 Å². The lowest BCUT2D eigenvalue weighted by atomic mass is 10.2. The summed E-state index contributed by atoms with van der Waals surface area (Å²) in [5, 5.41) is 7.39. The number of terminal acetylenes is 1. The molecule has 2 rings (SSSR count). The summed E-state index contributed by atoms with van der Waals surface area (Å²) in [4.78, 5) is 35.2. The lowest BCUT2D eigenvalue weighted by Gasteiger charge is -2.08. The maximum Gasteiger partial charge on any atom is 0.287 e. The number of furan rings is 1. The van der Waals surface area contributed by atoms with Gasteiger partial charge in [-0.1, -0.05) is 12.0 Å². The van der Waals surface area contributed by atoms with Gasteiger partial charge in [-0.2, -0.15) is 0 Å². The molecule has 8 heteroatoms. The zero-order valence-corrected chi connectivity index (χ0v) is 14.6. The number of amides is 3. The molecule has 0 aliphatic heterocycles. The fourth-order valence-corrected chi connectivity index (χ4v) is 2.12. The first kappa shape index (κ1) is 18.3. The number of carbonyl (C=O) groups is 3. The van der Waals surface area contributed by atoms with Gasteiger partial charge in [0.1, 0.15) is 0 Å². The van der Waals surface area contributed by atoms with E-state index in [4.69, 9.17) is 10.8 Å². The van der Waals surface area contributed by atoms with Gasteiger partial charge in [0, 0.05) is 11.3 Å². The summed E-state index contributed by atoms with van der Waals surface area (Å²) in [7, 11) is 0. The molecule has 1 aromatic heterocycles. The van der Waals surface area contributed by atoms with Crippen molar-refractivity contribution in [3.8, 4) is 12.3 Å². The zero-order chi connectivity index (χ0) is 18.2. The molecule has 1 heterocycles. The number of hydrogen-bond donors (Lipinski definition) is 3. The van der Waals surface area contributed by atoms with E-state index in [0.29, 0.717) is 15.9 Å². The van der Waals surface area contributed by atoms with Crippen molar-refractivity contribution in [3.63, 3.8) is 0 Å². The van der Waals surface area contributed by atoms with E-state index in [0.717, 1.165) is 0 Å². The first-order valence-electron chi connectivity index (χ1n) is 7.14. The van der Waals surface area contributed by atoms with Gasteiger partial charge in [0.05, 0.1) is 13.1 Å². The zero-order valence-electron chi connectivity index (χ0n) is 13.0. The predicted molar refractivity (Wildman–Crippen MR) is 94.8 cm³/mol. The van der Waals surface area contributed by atoms with Crippen LogP contribution in [0.5, 0.6) is 0 Å². The lowest BCUT2D eigenvalue weighted by molar-refractivity contribution is -0.123. The van der Waals surface area contributed by atoms with Gasteiger partial charge < -0.3 is 20.4 Å². The van der Waals surface area contributed by atoms with E-state index < -0.39 is 17.7 Å². The molecule has 3 N–H and O–H groups in total. The summed E-state index contributed by atoms with van der Waals surface area (Å²) in [6.07, 6.45) is 5.29. The van der Waals surface area contributed by atoms with Crippen molar-refractivity contribution in [1.82, 2.24) is 10.6 Å². The van der Waals surface area contributed by atoms with Gasteiger partial charge in [-0.05, 0) is 46.3 Å². The summed E-state index contributed by atoms with van der Waals surface area (Å²) in [5.74, 6) is 1.08. The van der Waals surface area contributed by atoms with Crippen LogP contribution in [0.25, 0.3) is 0 Å². The van der Waals surface area contributed by atoms with Crippen molar-refractivity contribution >= 4 is 39.3 Å². The van der Waals surface area contributed by atoms with Crippen LogP contribution in [0.4, 0.5) is 5.69 Å². The molecule has 0 unspecified atom stereocenters. The van der Waals surface area contributed by atoms with Crippen molar-refractivity contribution in [1.29, 1.82) is 0 Å². The second-order valence-electron chi connectivity index (χ2n) is 4.84. The molecular formula is C17H14BrN3O4. The van der Waals surface area contributed by atoms with E-state index in [1.807, 2.05) is 0 Å². The molecule has 0 radical (unpaired) electrons. The number of halogens is 1. The van der Waals surface area contributed by atoms with Crippen LogP contribution < -0.4 is 16.0 Å². The summed E-state index contributed by atoms with van der Waals surface area (Å²) in [6, 6.07) is 9.80. The summed E-state index contributed by atoms with van der Waals surface area (Å²) in [6.45, 7) is -0.516. The third-order valence-corrected chi connectivity index (χ3v) is 3.39. The normalized spacial score (nSPS) is 9.76. The van der Waals surface area contributed by atoms with Gasteiger partial charge >= 0.3 is 0 Å². The third kappa shape index (κ3) is 5.82. The van der Waals surface area contributed by atoms with Crippen LogP contribution in [0.2, 0.25) is 0 Å². The molecule has 3 amide bonds. The second-order valence-corrected chi connectivity index (χ2v) is 5.62. The number of carbonyl (C=O) groups excluding carboxylic acids is 3. The number of rotatable bonds is 6. The van der Waals surface area contributed by atoms with E-state index >= 15 is 0 Å². The summed E-state index contributed by atoms with van der Waals surface area (Å²) >= 11 is 3.08. The Bertz CT molecular complexity index is 838. The highest BCUT2D eigenvalue weighted by Crippen LogP contribution is 2.13. The number of benzene rings is 1. The molecule has 0 spiro atoms. The van der Waals surface area contributed by atoms with Gasteiger partial charge in [0.15, 0.2) is 10.4 Å².